The lowest BCUT2D eigenvalue weighted by Crippen LogP contribution is -2.03. The lowest BCUT2D eigenvalue weighted by molar-refractivity contribution is 0.300. The van der Waals surface area contributed by atoms with Gasteiger partial charge in [-0.15, -0.1) is 0 Å². The first-order valence-corrected chi connectivity index (χ1v) is 6.57. The van der Waals surface area contributed by atoms with Crippen molar-refractivity contribution in [2.75, 3.05) is 13.2 Å². The van der Waals surface area contributed by atoms with Crippen molar-refractivity contribution < 1.29 is 4.74 Å². The van der Waals surface area contributed by atoms with Gasteiger partial charge in [-0.05, 0) is 44.9 Å². The average molecular weight is 236 g/mol. The highest BCUT2D eigenvalue weighted by molar-refractivity contribution is 5.29. The normalized spacial score (nSPS) is 10.5. The van der Waals surface area contributed by atoms with Gasteiger partial charge in [-0.1, -0.05) is 19.8 Å². The van der Waals surface area contributed by atoms with Crippen LogP contribution >= 0.6 is 0 Å². The minimum atomic E-state index is 0.780. The number of nitrogens with two attached hydrogens (primary N) is 1. The van der Waals surface area contributed by atoms with Crippen LogP contribution in [0.2, 0.25) is 0 Å². The molecule has 0 radical (unpaired) electrons. The zero-order valence-corrected chi connectivity index (χ0v) is 11.0. The van der Waals surface area contributed by atoms with Gasteiger partial charge in [0.2, 0.25) is 0 Å². The third kappa shape index (κ3) is 5.18. The van der Waals surface area contributed by atoms with E-state index in [1.807, 2.05) is 19.1 Å². The van der Waals surface area contributed by atoms with Crippen molar-refractivity contribution in [2.45, 2.75) is 46.0 Å². The van der Waals surface area contributed by atoms with Crippen molar-refractivity contribution in [1.82, 2.24) is 4.98 Å². The first kappa shape index (κ1) is 14.0. The molecule has 96 valence electrons. The third-order valence-electron chi connectivity index (χ3n) is 2.76. The topological polar surface area (TPSA) is 48.1 Å². The second kappa shape index (κ2) is 8.07. The number of rotatable bonds is 8. The van der Waals surface area contributed by atoms with Crippen molar-refractivity contribution in [1.29, 1.82) is 0 Å². The molecule has 3 heteroatoms. The molecule has 3 nitrogen and oxygen atoms in total. The summed E-state index contributed by atoms with van der Waals surface area (Å²) in [5.41, 5.74) is 7.56. The summed E-state index contributed by atoms with van der Waals surface area (Å²) >= 11 is 0. The molecule has 1 aromatic heterocycles. The van der Waals surface area contributed by atoms with E-state index in [0.717, 1.165) is 49.6 Å². The van der Waals surface area contributed by atoms with Crippen LogP contribution in [0, 0.1) is 6.92 Å². The van der Waals surface area contributed by atoms with Gasteiger partial charge in [0, 0.05) is 5.69 Å². The summed E-state index contributed by atoms with van der Waals surface area (Å²) in [5, 5.41) is 0. The van der Waals surface area contributed by atoms with Crippen LogP contribution in [0.3, 0.4) is 0 Å². The molecule has 0 aliphatic rings. The van der Waals surface area contributed by atoms with Gasteiger partial charge in [0.15, 0.2) is 0 Å². The Morgan fingerprint density at radius 2 is 1.94 bits per heavy atom. The fraction of sp³-hybridized carbons (Fsp3) is 0.643. The lowest BCUT2D eigenvalue weighted by atomic mass is 10.2. The Labute approximate surface area is 104 Å². The largest absolute Gasteiger partial charge is 0.492 e. The Bertz CT molecular complexity index is 326. The number of nitrogens with zero attached hydrogens (tertiary/aromatic N) is 1. The number of hydrogen-bond acceptors (Lipinski definition) is 3. The number of unbranched alkanes of at least 4 members (excludes halogenated alkanes) is 3. The standard InChI is InChI=1S/C14H24N2O/c1-3-13-14(9-8-12(2)16-13)17-11-7-5-4-6-10-15/h8-9H,3-7,10-11,15H2,1-2H3. The summed E-state index contributed by atoms with van der Waals surface area (Å²) in [6, 6.07) is 4.03. The fourth-order valence-corrected chi connectivity index (χ4v) is 1.76. The summed E-state index contributed by atoms with van der Waals surface area (Å²) < 4.78 is 5.77. The van der Waals surface area contributed by atoms with Gasteiger partial charge in [0.05, 0.1) is 12.3 Å². The zero-order valence-electron chi connectivity index (χ0n) is 11.0. The first-order valence-electron chi connectivity index (χ1n) is 6.57. The summed E-state index contributed by atoms with van der Waals surface area (Å²) in [7, 11) is 0. The van der Waals surface area contributed by atoms with E-state index in [1.54, 1.807) is 0 Å². The zero-order chi connectivity index (χ0) is 12.5. The predicted molar refractivity (Wildman–Crippen MR) is 71.4 cm³/mol. The molecule has 0 aromatic carbocycles. The molecule has 0 aliphatic carbocycles. The molecule has 1 heterocycles. The molecule has 0 spiro atoms. The van der Waals surface area contributed by atoms with Gasteiger partial charge in [0.1, 0.15) is 5.75 Å². The highest BCUT2D eigenvalue weighted by atomic mass is 16.5. The van der Waals surface area contributed by atoms with E-state index in [9.17, 15) is 0 Å². The van der Waals surface area contributed by atoms with Crippen molar-refractivity contribution in [2.24, 2.45) is 5.73 Å². The molecule has 0 saturated carbocycles. The molecule has 0 atom stereocenters. The van der Waals surface area contributed by atoms with Crippen LogP contribution in [-0.2, 0) is 6.42 Å². The summed E-state index contributed by atoms with van der Waals surface area (Å²) in [6.07, 6.45) is 5.53. The number of pyridine rings is 1. The molecule has 0 aliphatic heterocycles. The Morgan fingerprint density at radius 1 is 1.18 bits per heavy atom. The molecule has 1 rings (SSSR count). The molecule has 0 amide bonds. The van der Waals surface area contributed by atoms with E-state index in [1.165, 1.54) is 12.8 Å². The van der Waals surface area contributed by atoms with E-state index in [-0.39, 0.29) is 0 Å². The monoisotopic (exact) mass is 236 g/mol. The van der Waals surface area contributed by atoms with Crippen molar-refractivity contribution in [3.8, 4) is 5.75 Å². The van der Waals surface area contributed by atoms with Gasteiger partial charge >= 0.3 is 0 Å². The maximum atomic E-state index is 5.77. The molecule has 0 fully saturated rings. The minimum absolute atomic E-state index is 0.780. The smallest absolute Gasteiger partial charge is 0.140 e. The van der Waals surface area contributed by atoms with E-state index in [4.69, 9.17) is 10.5 Å². The third-order valence-corrected chi connectivity index (χ3v) is 2.76. The molecular formula is C14H24N2O. The van der Waals surface area contributed by atoms with E-state index in [0.29, 0.717) is 0 Å². The fourth-order valence-electron chi connectivity index (χ4n) is 1.76. The van der Waals surface area contributed by atoms with Gasteiger partial charge < -0.3 is 10.5 Å². The Hall–Kier alpha value is -1.09. The summed E-state index contributed by atoms with van der Waals surface area (Å²) in [4.78, 5) is 4.48. The number of aromatic nitrogens is 1. The van der Waals surface area contributed by atoms with Crippen LogP contribution in [-0.4, -0.2) is 18.1 Å². The second-order valence-corrected chi connectivity index (χ2v) is 4.30. The average Bonchev–Trinajstić information content (AvgIpc) is 2.35. The van der Waals surface area contributed by atoms with Gasteiger partial charge in [-0.2, -0.15) is 0 Å². The highest BCUT2D eigenvalue weighted by Crippen LogP contribution is 2.17. The van der Waals surface area contributed by atoms with Gasteiger partial charge in [0.25, 0.3) is 0 Å². The molecule has 17 heavy (non-hydrogen) atoms. The van der Waals surface area contributed by atoms with Gasteiger partial charge in [-0.25, -0.2) is 0 Å². The number of hydrogen-bond donors (Lipinski definition) is 1. The van der Waals surface area contributed by atoms with Crippen molar-refractivity contribution >= 4 is 0 Å². The predicted octanol–water partition coefficient (Wildman–Crippen LogP) is 2.85. The van der Waals surface area contributed by atoms with Gasteiger partial charge in [-0.3, -0.25) is 4.98 Å². The van der Waals surface area contributed by atoms with Crippen LogP contribution in [0.25, 0.3) is 0 Å². The van der Waals surface area contributed by atoms with Crippen LogP contribution in [0.4, 0.5) is 0 Å². The van der Waals surface area contributed by atoms with E-state index < -0.39 is 0 Å². The Morgan fingerprint density at radius 3 is 2.65 bits per heavy atom. The molecule has 0 unspecified atom stereocenters. The van der Waals surface area contributed by atoms with E-state index >= 15 is 0 Å². The SMILES string of the molecule is CCc1nc(C)ccc1OCCCCCCN. The maximum Gasteiger partial charge on any atom is 0.140 e. The van der Waals surface area contributed by atoms with Crippen LogP contribution in [0.5, 0.6) is 5.75 Å². The Kier molecular flexibility index (Phi) is 6.63. The quantitative estimate of drug-likeness (QED) is 0.706. The van der Waals surface area contributed by atoms with Crippen molar-refractivity contribution in [3.63, 3.8) is 0 Å². The summed E-state index contributed by atoms with van der Waals surface area (Å²) in [5.74, 6) is 0.942. The maximum absolute atomic E-state index is 5.77. The molecule has 1 aromatic rings. The number of aryl methyl sites for hydroxylation is 2. The minimum Gasteiger partial charge on any atom is -0.492 e. The van der Waals surface area contributed by atoms with Crippen LogP contribution in [0.15, 0.2) is 12.1 Å². The van der Waals surface area contributed by atoms with E-state index in [2.05, 4.69) is 11.9 Å². The molecule has 0 saturated heterocycles. The van der Waals surface area contributed by atoms with Crippen LogP contribution in [0.1, 0.15) is 44.0 Å². The molecular weight excluding hydrogens is 212 g/mol. The van der Waals surface area contributed by atoms with Crippen molar-refractivity contribution in [3.05, 3.63) is 23.5 Å². The highest BCUT2D eigenvalue weighted by Gasteiger charge is 2.03. The second-order valence-electron chi connectivity index (χ2n) is 4.30. The number of ether oxygens (including phenoxy) is 1. The summed E-state index contributed by atoms with van der Waals surface area (Å²) in [6.45, 7) is 5.69. The first-order chi connectivity index (χ1) is 8.27. The molecule has 2 N–H and O–H groups in total. The molecule has 0 bridgehead atoms. The Balaban J connectivity index is 2.31. The van der Waals surface area contributed by atoms with Crippen LogP contribution < -0.4 is 10.5 Å². The lowest BCUT2D eigenvalue weighted by Gasteiger charge is -2.10.